The summed E-state index contributed by atoms with van der Waals surface area (Å²) in [5.41, 5.74) is 0. The van der Waals surface area contributed by atoms with Gasteiger partial charge in [-0.25, -0.2) is 9.13 Å². The first-order valence-corrected chi connectivity index (χ1v) is 41.2. The summed E-state index contributed by atoms with van der Waals surface area (Å²) in [7, 11) is -9.91. The fraction of sp³-hybridized carbons (Fsp3) is 0.946. The molecule has 0 amide bonds. The average Bonchev–Trinajstić information content (AvgIpc) is 1.65. The standard InChI is InChI=1S/C74H144O17P2/c1-64(2)50-42-34-26-19-15-13-11-9-10-12-14-16-22-32-40-48-56-73(78)90-69(60-84-71(76)54-46-38-30-21-18-17-20-27-35-43-51-65(3)4)62-88-92(80,81)86-58-68(75)59-87-93(82,83)89-63-70(91-74(79)57-49-41-33-25-29-37-45-53-67(7)8)61-85-72(77)55-47-39-31-24-23-28-36-44-52-66(5)6/h64-70,75H,9-63H2,1-8H3,(H,80,81)(H,82,83)/t68?,69-,70-/m1/s1. The molecule has 3 N–H and O–H groups in total. The van der Waals surface area contributed by atoms with Gasteiger partial charge in [-0.1, -0.05) is 319 Å². The number of aliphatic hydroxyl groups is 1. The molecule has 0 bridgehead atoms. The number of unbranched alkanes of at least 4 members (excludes halogenated alkanes) is 37. The largest absolute Gasteiger partial charge is 0.472 e. The third kappa shape index (κ3) is 68.4. The van der Waals surface area contributed by atoms with Crippen molar-refractivity contribution in [3.8, 4) is 0 Å². The summed E-state index contributed by atoms with van der Waals surface area (Å²) in [5, 5.41) is 10.6. The van der Waals surface area contributed by atoms with Gasteiger partial charge in [0.1, 0.15) is 19.3 Å². The van der Waals surface area contributed by atoms with Crippen LogP contribution in [0.4, 0.5) is 0 Å². The number of rotatable bonds is 71. The second-order valence-electron chi connectivity index (χ2n) is 28.6. The SMILES string of the molecule is CC(C)CCCCCCCCCCCCCCCCCCC(=O)O[C@H](COC(=O)CCCCCCCCCCCCC(C)C)COP(=O)(O)OCC(O)COP(=O)(O)OC[C@@H](COC(=O)CCCCCCCCCCC(C)C)OC(=O)CCCCCCCCCC(C)C. The molecule has 0 aromatic carbocycles. The molecule has 0 aliphatic rings. The molecule has 0 rings (SSSR count). The van der Waals surface area contributed by atoms with Crippen LogP contribution in [0.2, 0.25) is 0 Å². The van der Waals surface area contributed by atoms with Gasteiger partial charge in [-0.3, -0.25) is 37.3 Å². The van der Waals surface area contributed by atoms with Crippen LogP contribution in [0.3, 0.4) is 0 Å². The van der Waals surface area contributed by atoms with Gasteiger partial charge in [0, 0.05) is 25.7 Å². The highest BCUT2D eigenvalue weighted by Crippen LogP contribution is 2.45. The van der Waals surface area contributed by atoms with Gasteiger partial charge < -0.3 is 33.8 Å². The molecule has 0 aromatic heterocycles. The van der Waals surface area contributed by atoms with Crippen molar-refractivity contribution in [3.63, 3.8) is 0 Å². The summed E-state index contributed by atoms with van der Waals surface area (Å²) < 4.78 is 68.4. The highest BCUT2D eigenvalue weighted by atomic mass is 31.2. The topological polar surface area (TPSA) is 237 Å². The predicted molar refractivity (Wildman–Crippen MR) is 377 cm³/mol. The number of carbonyl (C=O) groups is 4. The van der Waals surface area contributed by atoms with Crippen LogP contribution in [0.15, 0.2) is 0 Å². The van der Waals surface area contributed by atoms with Gasteiger partial charge >= 0.3 is 39.5 Å². The van der Waals surface area contributed by atoms with Crippen molar-refractivity contribution in [3.05, 3.63) is 0 Å². The lowest BCUT2D eigenvalue weighted by Gasteiger charge is -2.21. The van der Waals surface area contributed by atoms with E-state index in [4.69, 9.17) is 37.0 Å². The lowest BCUT2D eigenvalue weighted by atomic mass is 10.0. The van der Waals surface area contributed by atoms with Crippen molar-refractivity contribution in [2.24, 2.45) is 23.7 Å². The molecule has 17 nitrogen and oxygen atoms in total. The first-order chi connectivity index (χ1) is 44.6. The van der Waals surface area contributed by atoms with Crippen molar-refractivity contribution < 1.29 is 80.2 Å². The Kier molecular flexibility index (Phi) is 62.2. The Labute approximate surface area is 568 Å². The molecular weight excluding hydrogens is 1220 g/mol. The molecule has 0 fully saturated rings. The Morgan fingerprint density at radius 1 is 0.269 bits per heavy atom. The lowest BCUT2D eigenvalue weighted by Crippen LogP contribution is -2.30. The van der Waals surface area contributed by atoms with E-state index in [-0.39, 0.29) is 25.7 Å². The Morgan fingerprint density at radius 2 is 0.452 bits per heavy atom. The minimum Gasteiger partial charge on any atom is -0.462 e. The van der Waals surface area contributed by atoms with Crippen LogP contribution in [0.25, 0.3) is 0 Å². The number of ether oxygens (including phenoxy) is 4. The normalized spacial score (nSPS) is 14.2. The zero-order chi connectivity index (χ0) is 68.9. The van der Waals surface area contributed by atoms with Gasteiger partial charge in [-0.15, -0.1) is 0 Å². The molecule has 552 valence electrons. The summed E-state index contributed by atoms with van der Waals surface area (Å²) in [6, 6.07) is 0. The Morgan fingerprint density at radius 3 is 0.667 bits per heavy atom. The molecule has 93 heavy (non-hydrogen) atoms. The smallest absolute Gasteiger partial charge is 0.462 e. The zero-order valence-corrected chi connectivity index (χ0v) is 62.7. The van der Waals surface area contributed by atoms with Crippen LogP contribution in [0, 0.1) is 23.7 Å². The number of phosphoric ester groups is 2. The minimum absolute atomic E-state index is 0.103. The van der Waals surface area contributed by atoms with E-state index in [1.807, 2.05) is 0 Å². The Bertz CT molecular complexity index is 1830. The maximum atomic E-state index is 13.1. The van der Waals surface area contributed by atoms with Gasteiger partial charge in [0.25, 0.3) is 0 Å². The molecule has 3 unspecified atom stereocenters. The van der Waals surface area contributed by atoms with E-state index in [2.05, 4.69) is 55.4 Å². The lowest BCUT2D eigenvalue weighted by molar-refractivity contribution is -0.161. The summed E-state index contributed by atoms with van der Waals surface area (Å²) in [5.74, 6) is 0.863. The molecule has 0 heterocycles. The number of carbonyl (C=O) groups excluding carboxylic acids is 4. The van der Waals surface area contributed by atoms with Crippen molar-refractivity contribution in [2.45, 2.75) is 388 Å². The minimum atomic E-state index is -4.96. The summed E-state index contributed by atoms with van der Waals surface area (Å²) in [6.07, 6.45) is 47.4. The monoisotopic (exact) mass is 1370 g/mol. The summed E-state index contributed by atoms with van der Waals surface area (Å²) in [6.45, 7) is 14.1. The molecule has 0 spiro atoms. The van der Waals surface area contributed by atoms with E-state index >= 15 is 0 Å². The number of aliphatic hydroxyl groups excluding tert-OH is 1. The van der Waals surface area contributed by atoms with E-state index in [0.717, 1.165) is 108 Å². The fourth-order valence-electron chi connectivity index (χ4n) is 11.2. The second kappa shape index (κ2) is 63.5. The quantitative estimate of drug-likeness (QED) is 0.0222. The Balaban J connectivity index is 5.22. The molecule has 0 saturated carbocycles. The van der Waals surface area contributed by atoms with Gasteiger partial charge in [-0.05, 0) is 49.4 Å². The van der Waals surface area contributed by atoms with Crippen molar-refractivity contribution in [1.29, 1.82) is 0 Å². The first-order valence-electron chi connectivity index (χ1n) is 38.2. The summed E-state index contributed by atoms with van der Waals surface area (Å²) in [4.78, 5) is 72.7. The molecular formula is C74H144O17P2. The van der Waals surface area contributed by atoms with E-state index in [0.29, 0.717) is 31.6 Å². The van der Waals surface area contributed by atoms with Gasteiger partial charge in [-0.2, -0.15) is 0 Å². The fourth-order valence-corrected chi connectivity index (χ4v) is 12.8. The van der Waals surface area contributed by atoms with E-state index in [1.54, 1.807) is 0 Å². The van der Waals surface area contributed by atoms with Crippen LogP contribution in [-0.2, 0) is 65.4 Å². The van der Waals surface area contributed by atoms with Crippen LogP contribution in [0.5, 0.6) is 0 Å². The van der Waals surface area contributed by atoms with Gasteiger partial charge in [0.15, 0.2) is 12.2 Å². The molecule has 0 saturated heterocycles. The third-order valence-electron chi connectivity index (χ3n) is 17.1. The average molecular weight is 1370 g/mol. The number of hydrogen-bond donors (Lipinski definition) is 3. The molecule has 5 atom stereocenters. The Hall–Kier alpha value is -1.94. The van der Waals surface area contributed by atoms with E-state index < -0.39 is 97.5 Å². The van der Waals surface area contributed by atoms with Crippen molar-refractivity contribution in [1.82, 2.24) is 0 Å². The third-order valence-corrected chi connectivity index (χ3v) is 19.0. The van der Waals surface area contributed by atoms with Crippen LogP contribution in [-0.4, -0.2) is 96.7 Å². The zero-order valence-electron chi connectivity index (χ0n) is 60.9. The van der Waals surface area contributed by atoms with Crippen molar-refractivity contribution in [2.75, 3.05) is 39.6 Å². The molecule has 0 aliphatic carbocycles. The van der Waals surface area contributed by atoms with Crippen molar-refractivity contribution >= 4 is 39.5 Å². The van der Waals surface area contributed by atoms with Crippen LogP contribution in [0.1, 0.15) is 370 Å². The molecule has 0 aliphatic heterocycles. The maximum absolute atomic E-state index is 13.1. The molecule has 0 aromatic rings. The van der Waals surface area contributed by atoms with Crippen LogP contribution >= 0.6 is 15.6 Å². The maximum Gasteiger partial charge on any atom is 0.472 e. The van der Waals surface area contributed by atoms with E-state index in [9.17, 15) is 43.2 Å². The summed E-state index contributed by atoms with van der Waals surface area (Å²) >= 11 is 0. The van der Waals surface area contributed by atoms with Crippen LogP contribution < -0.4 is 0 Å². The number of esters is 4. The number of phosphoric acid groups is 2. The molecule has 19 heteroatoms. The predicted octanol–water partition coefficient (Wildman–Crippen LogP) is 21.3. The van der Waals surface area contributed by atoms with Gasteiger partial charge in [0.05, 0.1) is 26.4 Å². The van der Waals surface area contributed by atoms with E-state index in [1.165, 1.54) is 173 Å². The molecule has 0 radical (unpaired) electrons. The highest BCUT2D eigenvalue weighted by Gasteiger charge is 2.30. The van der Waals surface area contributed by atoms with Gasteiger partial charge in [0.2, 0.25) is 0 Å². The number of hydrogen-bond acceptors (Lipinski definition) is 15. The first kappa shape index (κ1) is 91.1. The highest BCUT2D eigenvalue weighted by molar-refractivity contribution is 7.47. The second-order valence-corrected chi connectivity index (χ2v) is 31.5.